The zero-order valence-corrected chi connectivity index (χ0v) is 27.5. The van der Waals surface area contributed by atoms with Gasteiger partial charge in [0.1, 0.15) is 11.4 Å². The van der Waals surface area contributed by atoms with E-state index in [9.17, 15) is 24.3 Å². The quantitative estimate of drug-likeness (QED) is 0.151. The predicted molar refractivity (Wildman–Crippen MR) is 181 cm³/mol. The van der Waals surface area contributed by atoms with E-state index < -0.39 is 23.5 Å². The highest BCUT2D eigenvalue weighted by atomic mass is 32.1. The smallest absolute Gasteiger partial charge is 0.355 e. The number of ether oxygens (including phenoxy) is 1. The Kier molecular flexibility index (Phi) is 10.0. The number of pyridine rings is 1. The number of nitrogens with zero attached hydrogens (tertiary/aromatic N) is 1. The Bertz CT molecular complexity index is 1880. The van der Waals surface area contributed by atoms with Crippen LogP contribution in [0.4, 0.5) is 5.69 Å². The molecule has 4 aromatic rings. The van der Waals surface area contributed by atoms with Crippen LogP contribution in [-0.2, 0) is 13.0 Å². The van der Waals surface area contributed by atoms with E-state index in [0.717, 1.165) is 16.0 Å². The van der Waals surface area contributed by atoms with Gasteiger partial charge in [0.25, 0.3) is 17.7 Å². The average Bonchev–Trinajstić information content (AvgIpc) is 3.44. The molecule has 2 aromatic heterocycles. The summed E-state index contributed by atoms with van der Waals surface area (Å²) in [5, 5.41) is 20.7. The minimum atomic E-state index is -1.37. The second kappa shape index (κ2) is 14.1. The van der Waals surface area contributed by atoms with E-state index in [0.29, 0.717) is 48.6 Å². The van der Waals surface area contributed by atoms with Crippen molar-refractivity contribution >= 4 is 40.7 Å². The fourth-order valence-electron chi connectivity index (χ4n) is 5.47. The summed E-state index contributed by atoms with van der Waals surface area (Å²) in [6.45, 7) is 8.36. The second-order valence-electron chi connectivity index (χ2n) is 11.5. The molecular formula is C35H37N5O6S. The van der Waals surface area contributed by atoms with E-state index in [1.807, 2.05) is 32.2 Å². The van der Waals surface area contributed by atoms with Crippen LogP contribution in [0.1, 0.15) is 85.6 Å². The van der Waals surface area contributed by atoms with Crippen LogP contribution in [0.15, 0.2) is 47.8 Å². The zero-order valence-electron chi connectivity index (χ0n) is 26.7. The van der Waals surface area contributed by atoms with E-state index in [4.69, 9.17) is 10.5 Å². The number of nitrogens with one attached hydrogen (secondary N) is 3. The van der Waals surface area contributed by atoms with Gasteiger partial charge < -0.3 is 31.5 Å². The minimum Gasteiger partial charge on any atom is -0.493 e. The lowest BCUT2D eigenvalue weighted by atomic mass is 9.93. The van der Waals surface area contributed by atoms with Crippen molar-refractivity contribution in [2.75, 3.05) is 18.5 Å². The number of aromatic carboxylic acids is 1. The topological polar surface area (TPSA) is 173 Å². The Balaban J connectivity index is 1.69. The molecule has 3 amide bonds. The van der Waals surface area contributed by atoms with Gasteiger partial charge in [0, 0.05) is 52.7 Å². The number of anilines is 1. The maximum absolute atomic E-state index is 14.4. The molecule has 6 N–H and O–H groups in total. The van der Waals surface area contributed by atoms with E-state index in [1.165, 1.54) is 23.5 Å². The van der Waals surface area contributed by atoms with Crippen molar-refractivity contribution in [3.63, 3.8) is 0 Å². The number of hydrogen-bond acceptors (Lipinski definition) is 8. The zero-order chi connectivity index (χ0) is 33.8. The number of fused-ring (bicyclic) bond motifs is 3. The second-order valence-corrected chi connectivity index (χ2v) is 12.5. The lowest BCUT2D eigenvalue weighted by Gasteiger charge is -2.20. The molecule has 11 nitrogen and oxygen atoms in total. The number of thiophene rings is 1. The molecule has 1 aliphatic rings. The predicted octanol–water partition coefficient (Wildman–Crippen LogP) is 5.41. The number of nitrogens with two attached hydrogens (primary N) is 1. The third kappa shape index (κ3) is 7.03. The Morgan fingerprint density at radius 2 is 1.79 bits per heavy atom. The third-order valence-electron chi connectivity index (χ3n) is 7.67. The lowest BCUT2D eigenvalue weighted by Crippen LogP contribution is -2.31. The monoisotopic (exact) mass is 655 g/mol. The van der Waals surface area contributed by atoms with E-state index in [1.54, 1.807) is 31.2 Å². The van der Waals surface area contributed by atoms with Gasteiger partial charge in [0.2, 0.25) is 0 Å². The molecule has 0 spiro atoms. The van der Waals surface area contributed by atoms with E-state index in [-0.39, 0.29) is 46.4 Å². The Morgan fingerprint density at radius 1 is 1.00 bits per heavy atom. The maximum Gasteiger partial charge on any atom is 0.355 e. The summed E-state index contributed by atoms with van der Waals surface area (Å²) in [5.41, 5.74) is 9.64. The number of carboxylic acids is 1. The van der Waals surface area contributed by atoms with Gasteiger partial charge in [0.15, 0.2) is 5.69 Å². The Morgan fingerprint density at radius 3 is 2.49 bits per heavy atom. The number of aryl methyl sites for hydroxylation is 1. The van der Waals surface area contributed by atoms with Crippen molar-refractivity contribution in [1.29, 1.82) is 0 Å². The van der Waals surface area contributed by atoms with Crippen molar-refractivity contribution in [3.05, 3.63) is 87.0 Å². The van der Waals surface area contributed by atoms with Crippen LogP contribution in [0.25, 0.3) is 21.6 Å². The molecule has 0 unspecified atom stereocenters. The first kappa shape index (κ1) is 33.3. The van der Waals surface area contributed by atoms with Crippen LogP contribution < -0.4 is 26.4 Å². The normalized spacial score (nSPS) is 12.0. The van der Waals surface area contributed by atoms with Crippen molar-refractivity contribution < 1.29 is 29.0 Å². The fraction of sp³-hybridized carbons (Fsp3) is 0.286. The van der Waals surface area contributed by atoms with Gasteiger partial charge >= 0.3 is 5.97 Å². The highest BCUT2D eigenvalue weighted by Crippen LogP contribution is 2.43. The molecule has 1 aliphatic heterocycles. The third-order valence-corrected chi connectivity index (χ3v) is 8.66. The van der Waals surface area contributed by atoms with E-state index in [2.05, 4.69) is 20.9 Å². The molecule has 244 valence electrons. The molecule has 0 aliphatic carbocycles. The van der Waals surface area contributed by atoms with Crippen LogP contribution in [0.3, 0.4) is 0 Å². The van der Waals surface area contributed by atoms with Gasteiger partial charge in [-0.05, 0) is 85.7 Å². The Labute approximate surface area is 276 Å². The van der Waals surface area contributed by atoms with Crippen molar-refractivity contribution in [3.8, 4) is 27.3 Å². The number of carbonyl (C=O) groups is 4. The SMILES string of the molecule is CCCNC(=O)c1ccc(-c2cc3c(cc2C(=O)Nc2c(C)cc(CN)cc2C(=O)NC(C)C)-c2sccc2CCO3)c(C(=O)O)n1. The number of rotatable bonds is 10. The highest BCUT2D eigenvalue weighted by molar-refractivity contribution is 7.13. The number of hydrogen-bond donors (Lipinski definition) is 5. The molecule has 0 fully saturated rings. The van der Waals surface area contributed by atoms with Crippen LogP contribution in [0.5, 0.6) is 5.75 Å². The summed E-state index contributed by atoms with van der Waals surface area (Å²) in [7, 11) is 0. The highest BCUT2D eigenvalue weighted by Gasteiger charge is 2.28. The number of benzene rings is 2. The van der Waals surface area contributed by atoms with Crippen molar-refractivity contribution in [2.45, 2.75) is 53.1 Å². The van der Waals surface area contributed by atoms with Gasteiger partial charge in [-0.1, -0.05) is 13.0 Å². The number of carboxylic acid groups (broad SMARTS) is 1. The van der Waals surface area contributed by atoms with Crippen LogP contribution in [0, 0.1) is 6.92 Å². The molecule has 5 rings (SSSR count). The van der Waals surface area contributed by atoms with Gasteiger partial charge in [-0.15, -0.1) is 11.3 Å². The first-order chi connectivity index (χ1) is 22.5. The molecule has 0 bridgehead atoms. The summed E-state index contributed by atoms with van der Waals surface area (Å²) >= 11 is 1.52. The van der Waals surface area contributed by atoms with Crippen molar-refractivity contribution in [1.82, 2.24) is 15.6 Å². The first-order valence-electron chi connectivity index (χ1n) is 15.4. The lowest BCUT2D eigenvalue weighted by molar-refractivity contribution is 0.0690. The number of aromatic nitrogens is 1. The van der Waals surface area contributed by atoms with Crippen LogP contribution in [0.2, 0.25) is 0 Å². The largest absolute Gasteiger partial charge is 0.493 e. The molecule has 0 atom stereocenters. The molecule has 2 aromatic carbocycles. The Hall–Kier alpha value is -5.07. The van der Waals surface area contributed by atoms with Gasteiger partial charge in [-0.2, -0.15) is 0 Å². The molecular weight excluding hydrogens is 618 g/mol. The summed E-state index contributed by atoms with van der Waals surface area (Å²) in [6, 6.07) is 11.6. The molecule has 0 saturated carbocycles. The fourth-order valence-corrected chi connectivity index (χ4v) is 6.44. The molecule has 3 heterocycles. The maximum atomic E-state index is 14.4. The summed E-state index contributed by atoms with van der Waals surface area (Å²) < 4.78 is 6.12. The van der Waals surface area contributed by atoms with Crippen molar-refractivity contribution in [2.24, 2.45) is 5.73 Å². The average molecular weight is 656 g/mol. The van der Waals surface area contributed by atoms with Gasteiger partial charge in [-0.25, -0.2) is 9.78 Å². The standard InChI is InChI=1S/C35H37N5O6S/c1-5-10-37-34(43)27-7-6-22(30(39-27)35(44)45)23-16-28-25(31-21(8-11-46-28)9-12-47-31)15-24(23)32(41)40-29-19(4)13-20(17-36)14-26(29)33(42)38-18(2)3/h6-7,9,12-16,18H,5,8,10-11,17,36H2,1-4H3,(H,37,43)(H,38,42)(H,40,41)(H,44,45). The minimum absolute atomic E-state index is 0.0590. The van der Waals surface area contributed by atoms with Crippen LogP contribution >= 0.6 is 11.3 Å². The number of amides is 3. The molecule has 0 saturated heterocycles. The summed E-state index contributed by atoms with van der Waals surface area (Å²) in [6.07, 6.45) is 1.36. The summed E-state index contributed by atoms with van der Waals surface area (Å²) in [4.78, 5) is 58.0. The first-order valence-corrected chi connectivity index (χ1v) is 16.3. The summed E-state index contributed by atoms with van der Waals surface area (Å²) in [5.74, 6) is -2.33. The van der Waals surface area contributed by atoms with Gasteiger partial charge in [-0.3, -0.25) is 14.4 Å². The van der Waals surface area contributed by atoms with Crippen LogP contribution in [-0.4, -0.2) is 53.0 Å². The van der Waals surface area contributed by atoms with E-state index >= 15 is 0 Å². The molecule has 47 heavy (non-hydrogen) atoms. The molecule has 0 radical (unpaired) electrons. The van der Waals surface area contributed by atoms with Gasteiger partial charge in [0.05, 0.1) is 17.9 Å². The number of carbonyl (C=O) groups excluding carboxylic acids is 3. The molecule has 12 heteroatoms.